The summed E-state index contributed by atoms with van der Waals surface area (Å²) in [5.74, 6) is 0. The Labute approximate surface area is 153 Å². The maximum absolute atomic E-state index is 8.88. The van der Waals surface area contributed by atoms with Gasteiger partial charge in [-0.1, -0.05) is 0 Å². The van der Waals surface area contributed by atoms with Crippen LogP contribution in [0, 0.1) is 0 Å². The van der Waals surface area contributed by atoms with Crippen molar-refractivity contribution < 1.29 is 72.9 Å². The number of hydrogen-bond donors (Lipinski definition) is 3. The van der Waals surface area contributed by atoms with Crippen molar-refractivity contribution in [1.82, 2.24) is 0 Å². The average Bonchev–Trinajstić information content (AvgIpc) is 0.722. The summed E-state index contributed by atoms with van der Waals surface area (Å²) in [5, 5.41) is 0. The van der Waals surface area contributed by atoms with E-state index in [-0.39, 0.29) is 129 Å². The van der Waals surface area contributed by atoms with E-state index in [1.807, 2.05) is 0 Å². The van der Waals surface area contributed by atoms with Crippen LogP contribution in [0.4, 0.5) is 0 Å². The zero-order valence-corrected chi connectivity index (χ0v) is 9.78. The summed E-state index contributed by atoms with van der Waals surface area (Å²) in [5.41, 5.74) is 0. The second kappa shape index (κ2) is 19.0. The van der Waals surface area contributed by atoms with Crippen LogP contribution in [0.3, 0.4) is 0 Å². The number of phosphoric acid groups is 1. The Balaban J connectivity index is -0.00000000800. The molecule has 0 amide bonds. The molecule has 0 aromatic carbocycles. The van der Waals surface area contributed by atoms with E-state index < -0.39 is 7.82 Å². The zero-order valence-electron chi connectivity index (χ0n) is 3.64. The second-order valence-electron chi connectivity index (χ2n) is 0.513. The third-order valence-corrected chi connectivity index (χ3v) is 0. The Morgan fingerprint density at radius 1 is 1.00 bits per heavy atom. The summed E-state index contributed by atoms with van der Waals surface area (Å²) in [6.45, 7) is 0. The molecule has 0 saturated carbocycles. The molecule has 4 nitrogen and oxygen atoms in total. The van der Waals surface area contributed by atoms with Crippen molar-refractivity contribution in [3.63, 3.8) is 0 Å². The molecule has 0 bridgehead atoms. The molecule has 3 N–H and O–H groups in total. The van der Waals surface area contributed by atoms with E-state index in [1.54, 1.807) is 0 Å². The maximum atomic E-state index is 8.88. The van der Waals surface area contributed by atoms with Crippen LogP contribution in [0.25, 0.3) is 0 Å². The van der Waals surface area contributed by atoms with Crippen molar-refractivity contribution in [1.29, 1.82) is 0 Å². The summed E-state index contributed by atoms with van der Waals surface area (Å²) < 4.78 is 8.88. The van der Waals surface area contributed by atoms with Gasteiger partial charge in [-0.3, -0.25) is 0 Å². The molecule has 0 rings (SSSR count). The smallest absolute Gasteiger partial charge is 0 e. The van der Waals surface area contributed by atoms with Crippen molar-refractivity contribution in [2.75, 3.05) is 0 Å². The van der Waals surface area contributed by atoms with Crippen molar-refractivity contribution >= 4 is 83.3 Å². The van der Waals surface area contributed by atoms with Gasteiger partial charge >= 0.3 is 83.3 Å². The molecule has 0 heterocycles. The number of hydrogen-bond acceptors (Lipinski definition) is 1. The molecule has 0 aliphatic heterocycles. The van der Waals surface area contributed by atoms with Gasteiger partial charge in [-0.2, -0.15) is 0 Å². The van der Waals surface area contributed by atoms with Crippen LogP contribution >= 0.6 is 7.82 Å². The van der Waals surface area contributed by atoms with Crippen molar-refractivity contribution in [3.8, 4) is 0 Å². The molecular weight excluding hydrogens is 351 g/mol. The van der Waals surface area contributed by atoms with E-state index in [2.05, 4.69) is 0 Å². The van der Waals surface area contributed by atoms with Crippen LogP contribution < -0.4 is 0 Å². The third-order valence-electron chi connectivity index (χ3n) is 0. The van der Waals surface area contributed by atoms with Crippen LogP contribution in [-0.4, -0.2) is 90.2 Å². The van der Waals surface area contributed by atoms with Gasteiger partial charge in [-0.25, -0.2) is 4.57 Å². The Bertz CT molecular complexity index is 69.4. The summed E-state index contributed by atoms with van der Waals surface area (Å²) in [6, 6.07) is 0. The molecule has 0 aliphatic rings. The minimum Gasteiger partial charge on any atom is 0 e. The Morgan fingerprint density at radius 3 is 1.00 bits per heavy atom. The largest absolute Gasteiger partial charge is 0 e. The molecule has 0 saturated heterocycles. The minimum atomic E-state index is -4.64. The van der Waals surface area contributed by atoms with Gasteiger partial charge in [0.1, 0.15) is 0 Å². The van der Waals surface area contributed by atoms with E-state index in [1.165, 1.54) is 0 Å². The van der Waals surface area contributed by atoms with E-state index >= 15 is 0 Å². The fourth-order valence-corrected chi connectivity index (χ4v) is 0. The summed E-state index contributed by atoms with van der Waals surface area (Å²) in [6.07, 6.45) is 0. The predicted octanol–water partition coefficient (Wildman–Crippen LogP) is -2.77. The standard InChI is InChI=1S/2Ca.Fe.Mn.H3O4P.Zn.4H/c;;;;1-5(2,3)4;;;;;/h;;;;(H3,1,2,3,4);;;;;. The Morgan fingerprint density at radius 2 is 1.00 bits per heavy atom. The summed E-state index contributed by atoms with van der Waals surface area (Å²) >= 11 is 0. The van der Waals surface area contributed by atoms with Gasteiger partial charge in [0.2, 0.25) is 0 Å². The van der Waals surface area contributed by atoms with Gasteiger partial charge in [-0.05, 0) is 0 Å². The summed E-state index contributed by atoms with van der Waals surface area (Å²) in [4.78, 5) is 21.6. The minimum absolute atomic E-state index is 0. The molecule has 10 heteroatoms. The van der Waals surface area contributed by atoms with Crippen LogP contribution in [-0.2, 0) is 58.2 Å². The van der Waals surface area contributed by atoms with Gasteiger partial charge in [-0.15, -0.1) is 0 Å². The molecule has 0 unspecified atom stereocenters. The molecule has 10 heavy (non-hydrogen) atoms. The fourth-order valence-electron chi connectivity index (χ4n) is 0. The van der Waals surface area contributed by atoms with Crippen LogP contribution in [0.15, 0.2) is 0 Å². The third kappa shape index (κ3) is 85.1. The first kappa shape index (κ1) is 36.7. The first-order valence-electron chi connectivity index (χ1n) is 0.783. The SMILES string of the molecule is O=P(O)(O)O.[CaH2].[CaH2].[Fe].[Mn].[Zn]. The van der Waals surface area contributed by atoms with Gasteiger partial charge in [0, 0.05) is 53.6 Å². The van der Waals surface area contributed by atoms with E-state index in [0.717, 1.165) is 0 Å². The topological polar surface area (TPSA) is 77.8 Å². The fraction of sp³-hybridized carbons (Fsp3) is 0. The molecular formula is H7Ca2FeMnO4PZn. The molecule has 0 spiro atoms. The second-order valence-corrected chi connectivity index (χ2v) is 1.54. The zero-order chi connectivity index (χ0) is 4.50. The maximum Gasteiger partial charge on any atom is 0 e. The van der Waals surface area contributed by atoms with E-state index in [4.69, 9.17) is 19.2 Å². The predicted molar refractivity (Wildman–Crippen MR) is 31.4 cm³/mol. The van der Waals surface area contributed by atoms with E-state index in [0.29, 0.717) is 0 Å². The molecule has 1 radical (unpaired) electrons. The van der Waals surface area contributed by atoms with Gasteiger partial charge in [0.25, 0.3) is 0 Å². The Kier molecular flexibility index (Phi) is 69.6. The molecule has 0 aromatic rings. The van der Waals surface area contributed by atoms with E-state index in [9.17, 15) is 0 Å². The van der Waals surface area contributed by atoms with Gasteiger partial charge in [0.15, 0.2) is 0 Å². The van der Waals surface area contributed by atoms with Crippen molar-refractivity contribution in [2.45, 2.75) is 0 Å². The monoisotopic (exact) mass is 357 g/mol. The van der Waals surface area contributed by atoms with Crippen LogP contribution in [0.1, 0.15) is 0 Å². The molecule has 0 atom stereocenters. The van der Waals surface area contributed by atoms with Gasteiger partial charge in [0.05, 0.1) is 0 Å². The normalized spacial score (nSPS) is 5.90. The average molecular weight is 358 g/mol. The molecule has 0 aliphatic carbocycles. The molecule has 0 fully saturated rings. The summed E-state index contributed by atoms with van der Waals surface area (Å²) in [7, 11) is -4.64. The molecule has 57 valence electrons. The first-order valence-corrected chi connectivity index (χ1v) is 2.35. The van der Waals surface area contributed by atoms with Crippen molar-refractivity contribution in [2.24, 2.45) is 0 Å². The number of rotatable bonds is 0. The van der Waals surface area contributed by atoms with Crippen LogP contribution in [0.2, 0.25) is 0 Å². The van der Waals surface area contributed by atoms with Crippen LogP contribution in [0.5, 0.6) is 0 Å². The quantitative estimate of drug-likeness (QED) is 0.324. The Hall–Kier alpha value is 4.29. The molecule has 0 aromatic heterocycles. The van der Waals surface area contributed by atoms with Gasteiger partial charge < -0.3 is 14.7 Å². The first-order chi connectivity index (χ1) is 2.00. The van der Waals surface area contributed by atoms with Crippen molar-refractivity contribution in [3.05, 3.63) is 0 Å².